The molecule has 3 aromatic carbocycles. The van der Waals surface area contributed by atoms with Crippen LogP contribution in [0.2, 0.25) is 10.0 Å². The number of ketones is 1. The van der Waals surface area contributed by atoms with Gasteiger partial charge in [0.15, 0.2) is 5.78 Å². The Labute approximate surface area is 191 Å². The van der Waals surface area contributed by atoms with E-state index in [1.54, 1.807) is 24.3 Å². The van der Waals surface area contributed by atoms with Gasteiger partial charge in [0, 0.05) is 30.4 Å². The van der Waals surface area contributed by atoms with Crippen LogP contribution in [-0.4, -0.2) is 25.8 Å². The zero-order chi connectivity index (χ0) is 22.5. The Morgan fingerprint density at radius 3 is 2.42 bits per heavy atom. The third-order valence-corrected chi connectivity index (χ3v) is 5.17. The Morgan fingerprint density at radius 1 is 0.968 bits per heavy atom. The maximum atomic E-state index is 12.6. The van der Waals surface area contributed by atoms with Gasteiger partial charge in [0.25, 0.3) is 5.91 Å². The average Bonchev–Trinajstić information content (AvgIpc) is 2.72. The van der Waals surface area contributed by atoms with Gasteiger partial charge in [-0.05, 0) is 61.0 Å². The summed E-state index contributed by atoms with van der Waals surface area (Å²) in [5, 5.41) is 3.41. The van der Waals surface area contributed by atoms with Crippen LogP contribution in [-0.2, 0) is 6.61 Å². The number of anilines is 2. The first-order chi connectivity index (χ1) is 14.7. The topological polar surface area (TPSA) is 58.6 Å². The van der Waals surface area contributed by atoms with E-state index in [-0.39, 0.29) is 16.4 Å². The maximum absolute atomic E-state index is 12.6. The van der Waals surface area contributed by atoms with E-state index in [0.29, 0.717) is 28.6 Å². The molecule has 0 saturated heterocycles. The van der Waals surface area contributed by atoms with Gasteiger partial charge in [-0.1, -0.05) is 35.3 Å². The highest BCUT2D eigenvalue weighted by atomic mass is 35.5. The smallest absolute Gasteiger partial charge is 0.257 e. The number of ether oxygens (including phenoxy) is 1. The van der Waals surface area contributed by atoms with E-state index in [2.05, 4.69) is 5.32 Å². The monoisotopic (exact) mass is 456 g/mol. The van der Waals surface area contributed by atoms with Gasteiger partial charge < -0.3 is 15.0 Å². The van der Waals surface area contributed by atoms with Crippen molar-refractivity contribution in [2.45, 2.75) is 13.5 Å². The van der Waals surface area contributed by atoms with Crippen molar-refractivity contribution in [2.75, 3.05) is 24.3 Å². The number of nitrogens with zero attached hydrogens (tertiary/aromatic N) is 1. The fraction of sp³-hybridized carbons (Fsp3) is 0.167. The summed E-state index contributed by atoms with van der Waals surface area (Å²) in [7, 11) is 3.95. The lowest BCUT2D eigenvalue weighted by molar-refractivity contribution is 0.101. The predicted molar refractivity (Wildman–Crippen MR) is 126 cm³/mol. The summed E-state index contributed by atoms with van der Waals surface area (Å²) >= 11 is 12.0. The van der Waals surface area contributed by atoms with Crippen molar-refractivity contribution < 1.29 is 14.3 Å². The van der Waals surface area contributed by atoms with Crippen molar-refractivity contribution in [3.8, 4) is 5.75 Å². The number of hydrogen-bond donors (Lipinski definition) is 1. The summed E-state index contributed by atoms with van der Waals surface area (Å²) in [5.41, 5.74) is 3.07. The average molecular weight is 457 g/mol. The second-order valence-electron chi connectivity index (χ2n) is 7.19. The SMILES string of the molecule is CC(=O)c1cc(OCc2cccc(N(C)C)c2)ccc1NC(=O)c1ccc(Cl)cc1Cl. The van der Waals surface area contributed by atoms with Gasteiger partial charge in [0.1, 0.15) is 12.4 Å². The number of amides is 1. The fourth-order valence-corrected chi connectivity index (χ4v) is 3.46. The lowest BCUT2D eigenvalue weighted by Gasteiger charge is -2.15. The fourth-order valence-electron chi connectivity index (χ4n) is 2.97. The minimum atomic E-state index is -0.432. The Hall–Kier alpha value is -3.02. The van der Waals surface area contributed by atoms with Crippen molar-refractivity contribution in [1.29, 1.82) is 0 Å². The molecule has 3 rings (SSSR count). The molecule has 5 nitrogen and oxygen atoms in total. The third kappa shape index (κ3) is 5.78. The Balaban J connectivity index is 1.77. The van der Waals surface area contributed by atoms with Crippen LogP contribution in [0.15, 0.2) is 60.7 Å². The summed E-state index contributed by atoms with van der Waals surface area (Å²) in [4.78, 5) is 26.8. The molecule has 1 N–H and O–H groups in total. The highest BCUT2D eigenvalue weighted by molar-refractivity contribution is 6.37. The number of rotatable bonds is 7. The molecule has 0 fully saturated rings. The molecule has 0 aliphatic carbocycles. The number of nitrogens with one attached hydrogen (secondary N) is 1. The van der Waals surface area contributed by atoms with Crippen LogP contribution in [0, 0.1) is 0 Å². The molecule has 0 aromatic heterocycles. The van der Waals surface area contributed by atoms with Gasteiger partial charge in [0.05, 0.1) is 16.3 Å². The molecule has 0 spiro atoms. The molecule has 1 amide bonds. The zero-order valence-corrected chi connectivity index (χ0v) is 18.9. The lowest BCUT2D eigenvalue weighted by Crippen LogP contribution is -2.15. The van der Waals surface area contributed by atoms with Crippen LogP contribution in [0.4, 0.5) is 11.4 Å². The molecule has 0 bridgehead atoms. The molecule has 0 unspecified atom stereocenters. The van der Waals surface area contributed by atoms with E-state index in [1.165, 1.54) is 19.1 Å². The molecular formula is C24H22Cl2N2O3. The second kappa shape index (κ2) is 9.86. The summed E-state index contributed by atoms with van der Waals surface area (Å²) < 4.78 is 5.88. The van der Waals surface area contributed by atoms with E-state index in [9.17, 15) is 9.59 Å². The van der Waals surface area contributed by atoms with E-state index in [1.807, 2.05) is 43.3 Å². The van der Waals surface area contributed by atoms with Gasteiger partial charge in [-0.3, -0.25) is 9.59 Å². The number of carbonyl (C=O) groups is 2. The zero-order valence-electron chi connectivity index (χ0n) is 17.4. The van der Waals surface area contributed by atoms with Gasteiger partial charge in [-0.15, -0.1) is 0 Å². The van der Waals surface area contributed by atoms with Gasteiger partial charge in [-0.25, -0.2) is 0 Å². The van der Waals surface area contributed by atoms with Crippen LogP contribution in [0.1, 0.15) is 33.2 Å². The van der Waals surface area contributed by atoms with E-state index in [4.69, 9.17) is 27.9 Å². The lowest BCUT2D eigenvalue weighted by atomic mass is 10.1. The van der Waals surface area contributed by atoms with Crippen LogP contribution in [0.3, 0.4) is 0 Å². The maximum Gasteiger partial charge on any atom is 0.257 e. The molecule has 0 aliphatic heterocycles. The molecular weight excluding hydrogens is 435 g/mol. The molecule has 31 heavy (non-hydrogen) atoms. The number of carbonyl (C=O) groups excluding carboxylic acids is 2. The van der Waals surface area contributed by atoms with E-state index >= 15 is 0 Å². The largest absolute Gasteiger partial charge is 0.489 e. The summed E-state index contributed by atoms with van der Waals surface area (Å²) in [6, 6.07) is 17.6. The van der Waals surface area contributed by atoms with Crippen molar-refractivity contribution >= 4 is 46.3 Å². The molecule has 0 heterocycles. The number of benzene rings is 3. The predicted octanol–water partition coefficient (Wildman–Crippen LogP) is 6.09. The normalized spacial score (nSPS) is 10.5. The Kier molecular flexibility index (Phi) is 7.21. The highest BCUT2D eigenvalue weighted by Gasteiger charge is 2.15. The third-order valence-electron chi connectivity index (χ3n) is 4.63. The quantitative estimate of drug-likeness (QED) is 0.436. The van der Waals surface area contributed by atoms with Crippen LogP contribution in [0.25, 0.3) is 0 Å². The standard InChI is InChI=1S/C24H22Cl2N2O3/c1-15(29)21-13-19(31-14-16-5-4-6-18(11-16)28(2)3)8-10-23(21)27-24(30)20-9-7-17(25)12-22(20)26/h4-13H,14H2,1-3H3,(H,27,30). The highest BCUT2D eigenvalue weighted by Crippen LogP contribution is 2.26. The van der Waals surface area contributed by atoms with E-state index in [0.717, 1.165) is 11.3 Å². The minimum absolute atomic E-state index is 0.197. The van der Waals surface area contributed by atoms with Gasteiger partial charge in [0.2, 0.25) is 0 Å². The Morgan fingerprint density at radius 2 is 1.74 bits per heavy atom. The molecule has 0 radical (unpaired) electrons. The first kappa shape index (κ1) is 22.7. The summed E-state index contributed by atoms with van der Waals surface area (Å²) in [6.45, 7) is 1.79. The first-order valence-corrected chi connectivity index (χ1v) is 10.3. The minimum Gasteiger partial charge on any atom is -0.489 e. The second-order valence-corrected chi connectivity index (χ2v) is 8.04. The van der Waals surface area contributed by atoms with Gasteiger partial charge in [-0.2, -0.15) is 0 Å². The van der Waals surface area contributed by atoms with Crippen molar-refractivity contribution in [3.05, 3.63) is 87.4 Å². The number of Topliss-reactive ketones (excluding diaryl/α,β-unsaturated/α-hetero) is 1. The first-order valence-electron chi connectivity index (χ1n) is 9.55. The molecule has 3 aromatic rings. The summed E-state index contributed by atoms with van der Waals surface area (Å²) in [5.74, 6) is -0.0983. The molecule has 7 heteroatoms. The number of hydrogen-bond acceptors (Lipinski definition) is 4. The molecule has 0 atom stereocenters. The van der Waals surface area contributed by atoms with E-state index < -0.39 is 5.91 Å². The molecule has 0 aliphatic rings. The summed E-state index contributed by atoms with van der Waals surface area (Å²) in [6.07, 6.45) is 0. The molecule has 160 valence electrons. The van der Waals surface area contributed by atoms with Crippen LogP contribution >= 0.6 is 23.2 Å². The molecule has 0 saturated carbocycles. The van der Waals surface area contributed by atoms with Crippen LogP contribution < -0.4 is 15.0 Å². The van der Waals surface area contributed by atoms with Gasteiger partial charge >= 0.3 is 0 Å². The number of halogens is 2. The van der Waals surface area contributed by atoms with Crippen LogP contribution in [0.5, 0.6) is 5.75 Å². The van der Waals surface area contributed by atoms with Crippen molar-refractivity contribution in [1.82, 2.24) is 0 Å². The van der Waals surface area contributed by atoms with Crippen molar-refractivity contribution in [3.63, 3.8) is 0 Å². The van der Waals surface area contributed by atoms with Crippen molar-refractivity contribution in [2.24, 2.45) is 0 Å². The Bertz CT molecular complexity index is 1130.